The molecule has 0 aromatic carbocycles. The molecule has 2 rings (SSSR count). The molecule has 21 heavy (non-hydrogen) atoms. The van der Waals surface area contributed by atoms with Gasteiger partial charge in [0.25, 0.3) is 0 Å². The lowest BCUT2D eigenvalue weighted by molar-refractivity contribution is -0.0326. The normalized spacial score (nSPS) is 19.3. The number of likely N-dealkylation sites (N-methyl/N-ethyl adjacent to an activating group) is 1. The molecule has 1 aromatic heterocycles. The molecular formula is C15H27ClN4O. The van der Waals surface area contributed by atoms with Gasteiger partial charge < -0.3 is 14.9 Å². The van der Waals surface area contributed by atoms with Gasteiger partial charge in [-0.1, -0.05) is 18.5 Å². The average Bonchev–Trinajstić information content (AvgIpc) is 2.81. The van der Waals surface area contributed by atoms with Gasteiger partial charge in [0.2, 0.25) is 0 Å². The Bertz CT molecular complexity index is 453. The highest BCUT2D eigenvalue weighted by atomic mass is 35.5. The minimum Gasteiger partial charge on any atom is -0.383 e. The average molecular weight is 315 g/mol. The van der Waals surface area contributed by atoms with E-state index in [4.69, 9.17) is 11.6 Å². The van der Waals surface area contributed by atoms with E-state index < -0.39 is 5.60 Å². The van der Waals surface area contributed by atoms with Crippen LogP contribution in [0.3, 0.4) is 0 Å². The number of halogens is 1. The Labute approximate surface area is 132 Å². The van der Waals surface area contributed by atoms with E-state index in [1.807, 2.05) is 18.8 Å². The number of hydrogen-bond acceptors (Lipinski definition) is 4. The van der Waals surface area contributed by atoms with E-state index in [0.29, 0.717) is 5.02 Å². The van der Waals surface area contributed by atoms with E-state index in [1.165, 1.54) is 0 Å². The number of aromatic nitrogens is 2. The number of piperidine rings is 1. The zero-order valence-electron chi connectivity index (χ0n) is 13.3. The zero-order valence-corrected chi connectivity index (χ0v) is 14.1. The summed E-state index contributed by atoms with van der Waals surface area (Å²) < 4.78 is 1.87. The minimum atomic E-state index is -0.843. The topological polar surface area (TPSA) is 44.5 Å². The van der Waals surface area contributed by atoms with Crippen molar-refractivity contribution in [1.82, 2.24) is 19.6 Å². The van der Waals surface area contributed by atoms with E-state index in [-0.39, 0.29) is 0 Å². The molecule has 1 aliphatic heterocycles. The SMILES string of the molecule is CCCN1CCC(O)(c2c(Cl)cnn2CCN(C)C)CC1. The van der Waals surface area contributed by atoms with Gasteiger partial charge in [0, 0.05) is 19.6 Å². The Hall–Kier alpha value is -0.620. The molecule has 0 bridgehead atoms. The van der Waals surface area contributed by atoms with Gasteiger partial charge in [-0.15, -0.1) is 0 Å². The first-order valence-corrected chi connectivity index (χ1v) is 8.15. The van der Waals surface area contributed by atoms with Gasteiger partial charge in [-0.3, -0.25) is 4.68 Å². The van der Waals surface area contributed by atoms with Crippen molar-refractivity contribution < 1.29 is 5.11 Å². The maximum absolute atomic E-state index is 11.1. The lowest BCUT2D eigenvalue weighted by atomic mass is 9.88. The fourth-order valence-electron chi connectivity index (χ4n) is 2.99. The van der Waals surface area contributed by atoms with Crippen LogP contribution in [0.1, 0.15) is 31.9 Å². The van der Waals surface area contributed by atoms with Gasteiger partial charge in [0.15, 0.2) is 0 Å². The summed E-state index contributed by atoms with van der Waals surface area (Å²) in [5.41, 5.74) is -0.0494. The summed E-state index contributed by atoms with van der Waals surface area (Å²) in [6.07, 6.45) is 4.25. The van der Waals surface area contributed by atoms with Gasteiger partial charge in [-0.05, 0) is 39.9 Å². The maximum Gasteiger partial charge on any atom is 0.110 e. The fraction of sp³-hybridized carbons (Fsp3) is 0.800. The summed E-state index contributed by atoms with van der Waals surface area (Å²) in [7, 11) is 4.06. The Morgan fingerprint density at radius 2 is 2.00 bits per heavy atom. The monoisotopic (exact) mass is 314 g/mol. The van der Waals surface area contributed by atoms with Crippen LogP contribution in [0.2, 0.25) is 5.02 Å². The Balaban J connectivity index is 2.11. The third-order valence-electron chi connectivity index (χ3n) is 4.22. The Morgan fingerprint density at radius 3 is 2.57 bits per heavy atom. The predicted octanol–water partition coefficient (Wildman–Crippen LogP) is 1.79. The van der Waals surface area contributed by atoms with E-state index in [2.05, 4.69) is 21.8 Å². The highest BCUT2D eigenvalue weighted by Crippen LogP contribution is 2.36. The van der Waals surface area contributed by atoms with Gasteiger partial charge in [-0.2, -0.15) is 5.10 Å². The Morgan fingerprint density at radius 1 is 1.33 bits per heavy atom. The van der Waals surface area contributed by atoms with Crippen LogP contribution in [-0.2, 0) is 12.1 Å². The molecule has 0 unspecified atom stereocenters. The molecular weight excluding hydrogens is 288 g/mol. The van der Waals surface area contributed by atoms with Crippen LogP contribution >= 0.6 is 11.6 Å². The van der Waals surface area contributed by atoms with Crippen LogP contribution < -0.4 is 0 Å². The number of rotatable bonds is 6. The quantitative estimate of drug-likeness (QED) is 0.869. The van der Waals surface area contributed by atoms with Crippen molar-refractivity contribution >= 4 is 11.6 Å². The molecule has 0 radical (unpaired) electrons. The van der Waals surface area contributed by atoms with Gasteiger partial charge in [0.1, 0.15) is 5.60 Å². The molecule has 0 aliphatic carbocycles. The second kappa shape index (κ2) is 7.09. The summed E-state index contributed by atoms with van der Waals surface area (Å²) in [6.45, 7) is 6.75. The molecule has 120 valence electrons. The molecule has 5 nitrogen and oxygen atoms in total. The maximum atomic E-state index is 11.1. The van der Waals surface area contributed by atoms with Crippen LogP contribution in [0.25, 0.3) is 0 Å². The lowest BCUT2D eigenvalue weighted by Crippen LogP contribution is -2.44. The first-order chi connectivity index (χ1) is 9.96. The number of hydrogen-bond donors (Lipinski definition) is 1. The summed E-state index contributed by atoms with van der Waals surface area (Å²) in [5, 5.41) is 16.0. The van der Waals surface area contributed by atoms with Crippen LogP contribution in [-0.4, -0.2) is 65.0 Å². The molecule has 1 aromatic rings. The summed E-state index contributed by atoms with van der Waals surface area (Å²) >= 11 is 6.31. The van der Waals surface area contributed by atoms with Gasteiger partial charge >= 0.3 is 0 Å². The van der Waals surface area contributed by atoms with E-state index in [0.717, 1.165) is 57.7 Å². The molecule has 1 fully saturated rings. The van der Waals surface area contributed by atoms with Gasteiger partial charge in [0.05, 0.1) is 23.5 Å². The van der Waals surface area contributed by atoms with Crippen LogP contribution in [0.5, 0.6) is 0 Å². The van der Waals surface area contributed by atoms with E-state index in [1.54, 1.807) is 6.20 Å². The first-order valence-electron chi connectivity index (χ1n) is 7.77. The van der Waals surface area contributed by atoms with Crippen LogP contribution in [0.4, 0.5) is 0 Å². The molecule has 1 aliphatic rings. The number of likely N-dealkylation sites (tertiary alicyclic amines) is 1. The number of aliphatic hydroxyl groups is 1. The Kier molecular flexibility index (Phi) is 5.66. The molecule has 0 atom stereocenters. The van der Waals surface area contributed by atoms with Crippen molar-refractivity contribution in [2.45, 2.75) is 38.3 Å². The smallest absolute Gasteiger partial charge is 0.110 e. The van der Waals surface area contributed by atoms with Crippen LogP contribution in [0.15, 0.2) is 6.20 Å². The number of nitrogens with zero attached hydrogens (tertiary/aromatic N) is 4. The molecule has 0 saturated carbocycles. The van der Waals surface area contributed by atoms with Gasteiger partial charge in [-0.25, -0.2) is 0 Å². The molecule has 0 spiro atoms. The third-order valence-corrected chi connectivity index (χ3v) is 4.49. The summed E-state index contributed by atoms with van der Waals surface area (Å²) in [4.78, 5) is 4.51. The van der Waals surface area contributed by atoms with Crippen molar-refractivity contribution in [3.8, 4) is 0 Å². The minimum absolute atomic E-state index is 0.584. The zero-order chi connectivity index (χ0) is 15.5. The molecule has 1 N–H and O–H groups in total. The van der Waals surface area contributed by atoms with Crippen molar-refractivity contribution in [1.29, 1.82) is 0 Å². The van der Waals surface area contributed by atoms with E-state index in [9.17, 15) is 5.11 Å². The van der Waals surface area contributed by atoms with Crippen molar-refractivity contribution in [3.05, 3.63) is 16.9 Å². The first kappa shape index (κ1) is 16.7. The van der Waals surface area contributed by atoms with Crippen molar-refractivity contribution in [2.24, 2.45) is 0 Å². The fourth-order valence-corrected chi connectivity index (χ4v) is 3.31. The van der Waals surface area contributed by atoms with Crippen molar-refractivity contribution in [2.75, 3.05) is 40.3 Å². The molecule has 2 heterocycles. The highest BCUT2D eigenvalue weighted by Gasteiger charge is 2.38. The summed E-state index contributed by atoms with van der Waals surface area (Å²) in [5.74, 6) is 0. The van der Waals surface area contributed by atoms with Crippen LogP contribution in [0, 0.1) is 0 Å². The lowest BCUT2D eigenvalue weighted by Gasteiger charge is -2.38. The van der Waals surface area contributed by atoms with Crippen molar-refractivity contribution in [3.63, 3.8) is 0 Å². The summed E-state index contributed by atoms with van der Waals surface area (Å²) in [6, 6.07) is 0. The molecule has 1 saturated heterocycles. The second-order valence-corrected chi connectivity index (χ2v) is 6.65. The second-order valence-electron chi connectivity index (χ2n) is 6.24. The standard InChI is InChI=1S/C15H27ClN4O/c1-4-7-19-8-5-15(21,6-9-19)14-13(16)12-17-20(14)11-10-18(2)3/h12,21H,4-11H2,1-3H3. The van der Waals surface area contributed by atoms with E-state index >= 15 is 0 Å². The molecule has 6 heteroatoms. The third kappa shape index (κ3) is 3.97. The largest absolute Gasteiger partial charge is 0.383 e. The molecule has 0 amide bonds. The highest BCUT2D eigenvalue weighted by molar-refractivity contribution is 6.31. The predicted molar refractivity (Wildman–Crippen MR) is 85.7 cm³/mol.